The molecule has 0 spiro atoms. The van der Waals surface area contributed by atoms with Gasteiger partial charge in [0.05, 0.1) is 20.1 Å². The number of carbonyl (C=O) groups is 1. The summed E-state index contributed by atoms with van der Waals surface area (Å²) in [6.07, 6.45) is 0. The molecule has 3 nitrogen and oxygen atoms in total. The Morgan fingerprint density at radius 2 is 2.05 bits per heavy atom. The van der Waals surface area contributed by atoms with Gasteiger partial charge in [-0.25, -0.2) is 9.78 Å². The zero-order valence-corrected chi connectivity index (χ0v) is 13.1. The van der Waals surface area contributed by atoms with Crippen LogP contribution in [0, 0.1) is 0 Å². The first-order chi connectivity index (χ1) is 9.63. The lowest BCUT2D eigenvalue weighted by Gasteiger charge is -2.00. The molecule has 2 aromatic heterocycles. The van der Waals surface area contributed by atoms with E-state index in [1.54, 1.807) is 0 Å². The minimum absolute atomic E-state index is 0.127. The van der Waals surface area contributed by atoms with Crippen LogP contribution in [0.25, 0.3) is 10.2 Å². The molecule has 0 radical (unpaired) electrons. The van der Waals surface area contributed by atoms with Crippen molar-refractivity contribution in [2.24, 2.45) is 0 Å². The predicted octanol–water partition coefficient (Wildman–Crippen LogP) is 5.02. The van der Waals surface area contributed by atoms with Crippen molar-refractivity contribution < 1.29 is 9.53 Å². The molecule has 0 unspecified atom stereocenters. The number of esters is 1. The summed E-state index contributed by atoms with van der Waals surface area (Å²) in [5.74, 6) is -0.489. The van der Waals surface area contributed by atoms with E-state index in [9.17, 15) is 4.79 Å². The van der Waals surface area contributed by atoms with Crippen molar-refractivity contribution in [1.29, 1.82) is 0 Å². The SMILES string of the molecule is O=C(OCc1nc2ccccc2s1)c1cc(Cl)sc1Cl. The number of benzene rings is 1. The molecular formula is C13H7Cl2NO2S2. The van der Waals surface area contributed by atoms with Gasteiger partial charge in [0, 0.05) is 0 Å². The fourth-order valence-corrected chi connectivity index (χ4v) is 3.99. The number of thiophene rings is 1. The second kappa shape index (κ2) is 5.69. The van der Waals surface area contributed by atoms with Crippen LogP contribution >= 0.6 is 45.9 Å². The van der Waals surface area contributed by atoms with Crippen molar-refractivity contribution in [2.45, 2.75) is 6.61 Å². The lowest BCUT2D eigenvalue weighted by atomic mass is 10.3. The molecule has 1 aromatic carbocycles. The van der Waals surface area contributed by atoms with Gasteiger partial charge in [0.15, 0.2) is 0 Å². The molecule has 0 aliphatic heterocycles. The quantitative estimate of drug-likeness (QED) is 0.626. The van der Waals surface area contributed by atoms with Crippen LogP contribution < -0.4 is 0 Å². The number of ether oxygens (including phenoxy) is 1. The van der Waals surface area contributed by atoms with Crippen LogP contribution in [0.15, 0.2) is 30.3 Å². The minimum atomic E-state index is -0.489. The molecule has 0 fully saturated rings. The van der Waals surface area contributed by atoms with E-state index in [2.05, 4.69) is 4.98 Å². The van der Waals surface area contributed by atoms with Crippen LogP contribution in [0.2, 0.25) is 8.67 Å². The van der Waals surface area contributed by atoms with Crippen LogP contribution in [0.1, 0.15) is 15.4 Å². The van der Waals surface area contributed by atoms with E-state index in [0.717, 1.165) is 26.6 Å². The topological polar surface area (TPSA) is 39.2 Å². The highest BCUT2D eigenvalue weighted by molar-refractivity contribution is 7.20. The van der Waals surface area contributed by atoms with Crippen molar-refractivity contribution >= 4 is 62.1 Å². The molecular weight excluding hydrogens is 337 g/mol. The number of para-hydroxylation sites is 1. The van der Waals surface area contributed by atoms with Gasteiger partial charge < -0.3 is 4.74 Å². The lowest BCUT2D eigenvalue weighted by molar-refractivity contribution is 0.0473. The van der Waals surface area contributed by atoms with Gasteiger partial charge in [-0.1, -0.05) is 35.3 Å². The van der Waals surface area contributed by atoms with Crippen LogP contribution in [0.4, 0.5) is 0 Å². The highest BCUT2D eigenvalue weighted by Crippen LogP contribution is 2.32. The molecule has 0 aliphatic carbocycles. The smallest absolute Gasteiger partial charge is 0.341 e. The van der Waals surface area contributed by atoms with Gasteiger partial charge >= 0.3 is 5.97 Å². The molecule has 0 aliphatic rings. The molecule has 2 heterocycles. The average Bonchev–Trinajstić information content (AvgIpc) is 2.98. The second-order valence-corrected chi connectivity index (χ2v) is 7.29. The Bertz CT molecular complexity index is 749. The van der Waals surface area contributed by atoms with Gasteiger partial charge in [-0.2, -0.15) is 0 Å². The van der Waals surface area contributed by atoms with Crippen LogP contribution in [-0.4, -0.2) is 11.0 Å². The summed E-state index contributed by atoms with van der Waals surface area (Å²) in [6.45, 7) is 0.127. The van der Waals surface area contributed by atoms with Crippen LogP contribution in [-0.2, 0) is 11.3 Å². The molecule has 102 valence electrons. The molecule has 0 N–H and O–H groups in total. The first-order valence-corrected chi connectivity index (χ1v) is 7.99. The maximum atomic E-state index is 11.9. The molecule has 0 bridgehead atoms. The van der Waals surface area contributed by atoms with Crippen molar-refractivity contribution in [3.8, 4) is 0 Å². The largest absolute Gasteiger partial charge is 0.455 e. The first kappa shape index (κ1) is 13.8. The molecule has 20 heavy (non-hydrogen) atoms. The molecule has 0 saturated carbocycles. The Balaban J connectivity index is 1.73. The van der Waals surface area contributed by atoms with E-state index < -0.39 is 5.97 Å². The number of hydrogen-bond acceptors (Lipinski definition) is 5. The standard InChI is InChI=1S/C13H7Cl2NO2S2/c14-10-5-7(12(15)20-10)13(17)18-6-11-16-8-3-1-2-4-9(8)19-11/h1-5H,6H2. The molecule has 3 aromatic rings. The van der Waals surface area contributed by atoms with Gasteiger partial charge in [0.1, 0.15) is 16.0 Å². The maximum Gasteiger partial charge on any atom is 0.341 e. The van der Waals surface area contributed by atoms with Crippen molar-refractivity contribution in [1.82, 2.24) is 4.98 Å². The second-order valence-electron chi connectivity index (χ2n) is 3.89. The van der Waals surface area contributed by atoms with E-state index in [1.165, 1.54) is 17.4 Å². The van der Waals surface area contributed by atoms with E-state index in [0.29, 0.717) is 14.2 Å². The van der Waals surface area contributed by atoms with E-state index in [1.807, 2.05) is 24.3 Å². The summed E-state index contributed by atoms with van der Waals surface area (Å²) in [4.78, 5) is 16.3. The minimum Gasteiger partial charge on any atom is -0.455 e. The number of nitrogens with zero attached hydrogens (tertiary/aromatic N) is 1. The van der Waals surface area contributed by atoms with E-state index >= 15 is 0 Å². The van der Waals surface area contributed by atoms with Crippen molar-refractivity contribution in [2.75, 3.05) is 0 Å². The number of hydrogen-bond donors (Lipinski definition) is 0. The lowest BCUT2D eigenvalue weighted by Crippen LogP contribution is -2.04. The fraction of sp³-hybridized carbons (Fsp3) is 0.0769. The van der Waals surface area contributed by atoms with E-state index in [4.69, 9.17) is 27.9 Å². The summed E-state index contributed by atoms with van der Waals surface area (Å²) in [7, 11) is 0. The Labute approximate surface area is 132 Å². The van der Waals surface area contributed by atoms with Gasteiger partial charge in [0.2, 0.25) is 0 Å². The Kier molecular flexibility index (Phi) is 3.94. The van der Waals surface area contributed by atoms with Crippen LogP contribution in [0.3, 0.4) is 0 Å². The van der Waals surface area contributed by atoms with Crippen molar-refractivity contribution in [3.63, 3.8) is 0 Å². The molecule has 3 rings (SSSR count). The van der Waals surface area contributed by atoms with E-state index in [-0.39, 0.29) is 6.61 Å². The third kappa shape index (κ3) is 2.81. The maximum absolute atomic E-state index is 11.9. The highest BCUT2D eigenvalue weighted by atomic mass is 35.5. The predicted molar refractivity (Wildman–Crippen MR) is 83.1 cm³/mol. The third-order valence-electron chi connectivity index (χ3n) is 2.54. The summed E-state index contributed by atoms with van der Waals surface area (Å²) < 4.78 is 7.07. The van der Waals surface area contributed by atoms with Gasteiger partial charge in [0.25, 0.3) is 0 Å². The average molecular weight is 344 g/mol. The zero-order valence-electron chi connectivity index (χ0n) is 9.93. The third-order valence-corrected chi connectivity index (χ3v) is 5.04. The van der Waals surface area contributed by atoms with Gasteiger partial charge in [-0.05, 0) is 18.2 Å². The first-order valence-electron chi connectivity index (χ1n) is 5.60. The Hall–Kier alpha value is -1.14. The number of carbonyl (C=O) groups excluding carboxylic acids is 1. The van der Waals surface area contributed by atoms with Crippen LogP contribution in [0.5, 0.6) is 0 Å². The fourth-order valence-electron chi connectivity index (χ4n) is 1.67. The summed E-state index contributed by atoms with van der Waals surface area (Å²) in [5.41, 5.74) is 1.20. The molecule has 0 atom stereocenters. The summed E-state index contributed by atoms with van der Waals surface area (Å²) in [6, 6.07) is 9.28. The van der Waals surface area contributed by atoms with Gasteiger partial charge in [-0.15, -0.1) is 22.7 Å². The monoisotopic (exact) mass is 343 g/mol. The number of aromatic nitrogens is 1. The Morgan fingerprint density at radius 3 is 2.75 bits per heavy atom. The van der Waals surface area contributed by atoms with Gasteiger partial charge in [-0.3, -0.25) is 0 Å². The zero-order chi connectivity index (χ0) is 14.1. The summed E-state index contributed by atoms with van der Waals surface area (Å²) in [5, 5.41) is 0.747. The highest BCUT2D eigenvalue weighted by Gasteiger charge is 2.16. The number of rotatable bonds is 3. The normalized spacial score (nSPS) is 10.9. The summed E-state index contributed by atoms with van der Waals surface area (Å²) >= 11 is 14.3. The van der Waals surface area contributed by atoms with Crippen molar-refractivity contribution in [3.05, 3.63) is 49.6 Å². The Morgan fingerprint density at radius 1 is 1.25 bits per heavy atom. The molecule has 7 heteroatoms. The number of halogens is 2. The number of fused-ring (bicyclic) bond motifs is 1. The molecule has 0 saturated heterocycles. The number of thiazole rings is 1. The molecule has 0 amide bonds.